The van der Waals surface area contributed by atoms with Gasteiger partial charge < -0.3 is 33.2 Å². The molecule has 0 aliphatic carbocycles. The second-order valence-electron chi connectivity index (χ2n) is 14.1. The number of aromatic nitrogens is 1. The molecule has 1 aromatic heterocycles. The van der Waals surface area contributed by atoms with Crippen LogP contribution in [0, 0.1) is 0 Å². The third-order valence-corrected chi connectivity index (χ3v) is 11.8. The zero-order chi connectivity index (χ0) is 40.6. The maximum atomic E-state index is 13.2. The normalized spacial score (nSPS) is 15.8. The lowest BCUT2D eigenvalue weighted by Crippen LogP contribution is -2.56. The average molecular weight is 796 g/mol. The first-order chi connectivity index (χ1) is 27.6. The molecule has 0 radical (unpaired) electrons. The molecule has 1 aliphatic heterocycles. The van der Waals surface area contributed by atoms with E-state index in [4.69, 9.17) is 38.1 Å². The van der Waals surface area contributed by atoms with Gasteiger partial charge in [0.1, 0.15) is 17.2 Å². The van der Waals surface area contributed by atoms with Crippen LogP contribution < -0.4 is 33.2 Å². The van der Waals surface area contributed by atoms with Crippen LogP contribution >= 0.6 is 11.3 Å². The number of ketones is 1. The van der Waals surface area contributed by atoms with Crippen molar-refractivity contribution in [1.82, 2.24) is 14.8 Å². The molecule has 4 unspecified atom stereocenters. The van der Waals surface area contributed by atoms with Crippen molar-refractivity contribution in [3.63, 3.8) is 0 Å². The number of para-hydroxylation sites is 1. The number of carbonyl (C=O) groups excluding carboxylic acids is 1. The highest BCUT2D eigenvalue weighted by atomic mass is 32.1. The van der Waals surface area contributed by atoms with Crippen LogP contribution in [-0.2, 0) is 0 Å². The molecule has 57 heavy (non-hydrogen) atoms. The predicted octanol–water partition coefficient (Wildman–Crippen LogP) is 8.53. The Kier molecular flexibility index (Phi) is 13.6. The van der Waals surface area contributed by atoms with Gasteiger partial charge in [0.25, 0.3) is 0 Å². The standard InChI is InChI=1S/C45H53N3O8S/c1-28(30(3)55-39-24-32(15-18-37(39)50-5)14-17-36(49)34-26-41(52-7)44(54-9)42(27-34)53-8)47-20-22-48(23-21-47)29(2)31(4)56-40-25-33(16-19-38(40)51-6)45-46-35-12-10-11-13-43(35)57-45/h10-19,24-31H,20-23H2,1-9H3/b17-14+. The number of ether oxygens (including phenoxy) is 7. The topological polar surface area (TPSA) is 101 Å². The first-order valence-corrected chi connectivity index (χ1v) is 19.9. The Balaban J connectivity index is 1.05. The molecule has 0 bridgehead atoms. The van der Waals surface area contributed by atoms with E-state index in [9.17, 15) is 4.79 Å². The molecule has 4 atom stereocenters. The average Bonchev–Trinajstić information content (AvgIpc) is 3.69. The largest absolute Gasteiger partial charge is 0.493 e. The quantitative estimate of drug-likeness (QED) is 0.0669. The summed E-state index contributed by atoms with van der Waals surface area (Å²) in [6.07, 6.45) is 3.05. The summed E-state index contributed by atoms with van der Waals surface area (Å²) >= 11 is 1.67. The summed E-state index contributed by atoms with van der Waals surface area (Å²) in [4.78, 5) is 23.0. The summed E-state index contributed by atoms with van der Waals surface area (Å²) in [6.45, 7) is 12.2. The monoisotopic (exact) mass is 795 g/mol. The van der Waals surface area contributed by atoms with Gasteiger partial charge in [-0.25, -0.2) is 4.98 Å². The number of fused-ring (bicyclic) bond motifs is 1. The summed E-state index contributed by atoms with van der Waals surface area (Å²) in [5.41, 5.74) is 3.21. The molecule has 5 aromatic rings. The zero-order valence-electron chi connectivity index (χ0n) is 34.2. The first-order valence-electron chi connectivity index (χ1n) is 19.1. The van der Waals surface area contributed by atoms with Gasteiger partial charge in [0.15, 0.2) is 40.3 Å². The van der Waals surface area contributed by atoms with E-state index >= 15 is 0 Å². The van der Waals surface area contributed by atoms with Crippen molar-refractivity contribution in [3.8, 4) is 50.8 Å². The van der Waals surface area contributed by atoms with Gasteiger partial charge in [0, 0.05) is 49.4 Å². The van der Waals surface area contributed by atoms with Crippen LogP contribution in [0.1, 0.15) is 43.6 Å². The molecule has 0 spiro atoms. The number of rotatable bonds is 17. The van der Waals surface area contributed by atoms with Crippen molar-refractivity contribution in [2.24, 2.45) is 0 Å². The van der Waals surface area contributed by atoms with E-state index in [0.717, 1.165) is 52.5 Å². The highest BCUT2D eigenvalue weighted by Gasteiger charge is 2.30. The fourth-order valence-electron chi connectivity index (χ4n) is 7.02. The number of allylic oxidation sites excluding steroid dienone is 1. The van der Waals surface area contributed by atoms with Gasteiger partial charge in [0.2, 0.25) is 5.75 Å². The second-order valence-corrected chi connectivity index (χ2v) is 15.1. The van der Waals surface area contributed by atoms with Crippen molar-refractivity contribution in [2.75, 3.05) is 61.7 Å². The Hall–Kier alpha value is -5.30. The zero-order valence-corrected chi connectivity index (χ0v) is 35.1. The second kappa shape index (κ2) is 18.8. The summed E-state index contributed by atoms with van der Waals surface area (Å²) in [6, 6.07) is 23.4. The SMILES string of the molecule is COc1ccc(/C=C/C(=O)c2cc(OC)c(OC)c(OC)c2)cc1OC(C)C(C)N1CCN(C(C)C(C)Oc2cc(-c3nc4ccccc4s3)ccc2OC)CC1. The summed E-state index contributed by atoms with van der Waals surface area (Å²) in [5.74, 6) is 3.70. The Morgan fingerprint density at radius 3 is 1.74 bits per heavy atom. The van der Waals surface area contributed by atoms with Crippen molar-refractivity contribution in [1.29, 1.82) is 0 Å². The number of piperazine rings is 1. The number of hydrogen-bond acceptors (Lipinski definition) is 12. The van der Waals surface area contributed by atoms with Gasteiger partial charge in [-0.1, -0.05) is 24.3 Å². The molecule has 302 valence electrons. The van der Waals surface area contributed by atoms with E-state index in [1.54, 1.807) is 43.8 Å². The lowest BCUT2D eigenvalue weighted by atomic mass is 10.1. The minimum absolute atomic E-state index is 0.0818. The first kappa shape index (κ1) is 41.3. The van der Waals surface area contributed by atoms with Gasteiger partial charge >= 0.3 is 0 Å². The third-order valence-electron chi connectivity index (χ3n) is 10.8. The van der Waals surface area contributed by atoms with E-state index in [-0.39, 0.29) is 30.1 Å². The Labute approximate surface area is 339 Å². The molecule has 4 aromatic carbocycles. The van der Waals surface area contributed by atoms with Crippen molar-refractivity contribution >= 4 is 33.4 Å². The third kappa shape index (κ3) is 9.47. The van der Waals surface area contributed by atoms with Crippen LogP contribution in [0.4, 0.5) is 0 Å². The Bertz CT molecular complexity index is 2120. The summed E-state index contributed by atoms with van der Waals surface area (Å²) in [5, 5.41) is 0.955. The van der Waals surface area contributed by atoms with Crippen LogP contribution in [-0.4, -0.2) is 107 Å². The molecular formula is C45H53N3O8S. The van der Waals surface area contributed by atoms with E-state index in [2.05, 4.69) is 43.6 Å². The van der Waals surface area contributed by atoms with E-state index in [0.29, 0.717) is 45.8 Å². The van der Waals surface area contributed by atoms with Crippen LogP contribution in [0.5, 0.6) is 40.2 Å². The fraction of sp³-hybridized carbons (Fsp3) is 0.378. The van der Waals surface area contributed by atoms with E-state index < -0.39 is 0 Å². The van der Waals surface area contributed by atoms with Crippen LogP contribution in [0.15, 0.2) is 78.9 Å². The molecule has 12 heteroatoms. The lowest BCUT2D eigenvalue weighted by molar-refractivity contribution is 0.0115. The fourth-order valence-corrected chi connectivity index (χ4v) is 7.98. The van der Waals surface area contributed by atoms with Crippen LogP contribution in [0.2, 0.25) is 0 Å². The van der Waals surface area contributed by atoms with E-state index in [1.807, 2.05) is 54.6 Å². The number of benzene rings is 4. The minimum atomic E-state index is -0.210. The molecule has 1 fully saturated rings. The number of carbonyl (C=O) groups is 1. The van der Waals surface area contributed by atoms with E-state index in [1.165, 1.54) is 27.4 Å². The highest BCUT2D eigenvalue weighted by molar-refractivity contribution is 7.21. The highest BCUT2D eigenvalue weighted by Crippen LogP contribution is 2.39. The van der Waals surface area contributed by atoms with Crippen molar-refractivity contribution in [3.05, 3.63) is 90.0 Å². The molecular weight excluding hydrogens is 743 g/mol. The molecule has 11 nitrogen and oxygen atoms in total. The van der Waals surface area contributed by atoms with Crippen LogP contribution in [0.25, 0.3) is 26.9 Å². The van der Waals surface area contributed by atoms with Gasteiger partial charge in [-0.15, -0.1) is 11.3 Å². The van der Waals surface area contributed by atoms with Gasteiger partial charge in [-0.05, 0) is 93.9 Å². The maximum absolute atomic E-state index is 13.2. The number of methoxy groups -OCH3 is 5. The molecule has 2 heterocycles. The van der Waals surface area contributed by atoms with Crippen molar-refractivity contribution in [2.45, 2.75) is 52.0 Å². The molecule has 6 rings (SSSR count). The smallest absolute Gasteiger partial charge is 0.203 e. The minimum Gasteiger partial charge on any atom is -0.493 e. The molecule has 0 N–H and O–H groups in total. The number of thiazole rings is 1. The summed E-state index contributed by atoms with van der Waals surface area (Å²) in [7, 11) is 7.86. The van der Waals surface area contributed by atoms with Gasteiger partial charge in [0.05, 0.1) is 45.8 Å². The lowest BCUT2D eigenvalue weighted by Gasteiger charge is -2.43. The summed E-state index contributed by atoms with van der Waals surface area (Å²) < 4.78 is 41.9. The van der Waals surface area contributed by atoms with Gasteiger partial charge in [-0.3, -0.25) is 14.6 Å². The number of nitrogens with zero attached hydrogens (tertiary/aromatic N) is 3. The maximum Gasteiger partial charge on any atom is 0.203 e. The van der Waals surface area contributed by atoms with Gasteiger partial charge in [-0.2, -0.15) is 0 Å². The molecule has 0 saturated carbocycles. The molecule has 1 saturated heterocycles. The van der Waals surface area contributed by atoms with Crippen molar-refractivity contribution < 1.29 is 38.0 Å². The van der Waals surface area contributed by atoms with Crippen LogP contribution in [0.3, 0.4) is 0 Å². The molecule has 1 aliphatic rings. The Morgan fingerprint density at radius 1 is 0.649 bits per heavy atom. The number of hydrogen-bond donors (Lipinski definition) is 0. The molecule has 0 amide bonds. The predicted molar refractivity (Wildman–Crippen MR) is 226 cm³/mol. The Morgan fingerprint density at radius 2 is 1.19 bits per heavy atom.